The lowest BCUT2D eigenvalue weighted by atomic mass is 9.79. The van der Waals surface area contributed by atoms with Gasteiger partial charge in [-0.1, -0.05) is 44.2 Å². The molecule has 4 rings (SSSR count). The molecule has 10 nitrogen and oxygen atoms in total. The van der Waals surface area contributed by atoms with E-state index in [0.717, 1.165) is 37.6 Å². The highest BCUT2D eigenvalue weighted by Gasteiger charge is 2.41. The van der Waals surface area contributed by atoms with Gasteiger partial charge in [0.25, 0.3) is 0 Å². The van der Waals surface area contributed by atoms with Crippen molar-refractivity contribution in [2.45, 2.75) is 39.2 Å². The molecule has 0 saturated carbocycles. The average Bonchev–Trinajstić information content (AvgIpc) is 3.07. The van der Waals surface area contributed by atoms with Gasteiger partial charge in [0.05, 0.1) is 36.5 Å². The van der Waals surface area contributed by atoms with E-state index in [1.165, 1.54) is 13.2 Å². The summed E-state index contributed by atoms with van der Waals surface area (Å²) in [5.74, 6) is -1.72. The topological polar surface area (TPSA) is 98.8 Å². The third-order valence-electron chi connectivity index (χ3n) is 8.08. The first-order chi connectivity index (χ1) is 22.3. The van der Waals surface area contributed by atoms with Crippen molar-refractivity contribution in [3.05, 3.63) is 76.6 Å². The molecule has 46 heavy (non-hydrogen) atoms. The Morgan fingerprint density at radius 3 is 2.00 bits per heavy atom. The minimum atomic E-state index is -3.11. The van der Waals surface area contributed by atoms with Crippen LogP contribution in [0.1, 0.15) is 38.2 Å². The Morgan fingerprint density at radius 1 is 0.826 bits per heavy atom. The normalized spacial score (nSPS) is 17.2. The van der Waals surface area contributed by atoms with E-state index in [-0.39, 0.29) is 42.3 Å². The lowest BCUT2D eigenvalue weighted by Crippen LogP contribution is -2.47. The molecule has 1 saturated heterocycles. The summed E-state index contributed by atoms with van der Waals surface area (Å²) in [7, 11) is 3.14. The van der Waals surface area contributed by atoms with E-state index in [1.807, 2.05) is 38.1 Å². The third-order valence-corrected chi connectivity index (χ3v) is 8.08. The number of halogens is 2. The number of piperazine rings is 1. The number of dihydropyridines is 1. The van der Waals surface area contributed by atoms with Crippen LogP contribution in [0.25, 0.3) is 0 Å². The minimum absolute atomic E-state index is 0.0217. The SMILES string of the molecule is CCC1=C(C(=O)OCCOC)C(c2ccccc2OC(F)F)C(C(=O)OCCN2CCN(c3ccccc3OC)CC2)=C(CC)N1. The van der Waals surface area contributed by atoms with Gasteiger partial charge in [-0.2, -0.15) is 8.78 Å². The molecule has 1 N–H and O–H groups in total. The number of benzene rings is 2. The molecule has 0 bridgehead atoms. The van der Waals surface area contributed by atoms with Crippen LogP contribution in [0.3, 0.4) is 0 Å². The average molecular weight is 644 g/mol. The van der Waals surface area contributed by atoms with E-state index in [1.54, 1.807) is 25.3 Å². The van der Waals surface area contributed by atoms with Crippen molar-refractivity contribution in [3.63, 3.8) is 0 Å². The van der Waals surface area contributed by atoms with Crippen molar-refractivity contribution in [1.29, 1.82) is 0 Å². The van der Waals surface area contributed by atoms with Crippen molar-refractivity contribution in [1.82, 2.24) is 10.2 Å². The number of para-hydroxylation sites is 3. The predicted molar refractivity (Wildman–Crippen MR) is 169 cm³/mol. The quantitative estimate of drug-likeness (QED) is 0.214. The molecule has 2 aromatic rings. The molecule has 0 spiro atoms. The third kappa shape index (κ3) is 8.35. The van der Waals surface area contributed by atoms with Crippen LogP contribution in [-0.4, -0.2) is 90.2 Å². The molecular weight excluding hydrogens is 600 g/mol. The zero-order valence-corrected chi connectivity index (χ0v) is 26.9. The van der Waals surface area contributed by atoms with Crippen molar-refractivity contribution < 1.29 is 42.1 Å². The largest absolute Gasteiger partial charge is 0.495 e. The van der Waals surface area contributed by atoms with E-state index in [0.29, 0.717) is 30.8 Å². The molecule has 0 amide bonds. The number of hydrogen-bond donors (Lipinski definition) is 1. The van der Waals surface area contributed by atoms with E-state index < -0.39 is 24.5 Å². The number of ether oxygens (including phenoxy) is 5. The molecule has 2 aromatic carbocycles. The van der Waals surface area contributed by atoms with Crippen LogP contribution >= 0.6 is 0 Å². The summed E-state index contributed by atoms with van der Waals surface area (Å²) in [6.45, 7) is 4.47. The summed E-state index contributed by atoms with van der Waals surface area (Å²) in [6.07, 6.45) is 0.801. The van der Waals surface area contributed by atoms with Crippen LogP contribution < -0.4 is 19.7 Å². The fraction of sp³-hybridized carbons (Fsp3) is 0.471. The first-order valence-corrected chi connectivity index (χ1v) is 15.5. The molecule has 0 aromatic heterocycles. The Hall–Kier alpha value is -4.16. The molecule has 12 heteroatoms. The number of rotatable bonds is 15. The van der Waals surface area contributed by atoms with Crippen LogP contribution in [0.5, 0.6) is 11.5 Å². The fourth-order valence-electron chi connectivity index (χ4n) is 5.83. The zero-order valence-electron chi connectivity index (χ0n) is 26.9. The van der Waals surface area contributed by atoms with Gasteiger partial charge < -0.3 is 33.9 Å². The van der Waals surface area contributed by atoms with Crippen LogP contribution in [0.4, 0.5) is 14.5 Å². The number of esters is 2. The van der Waals surface area contributed by atoms with Crippen molar-refractivity contribution in [3.8, 4) is 11.5 Å². The van der Waals surface area contributed by atoms with Gasteiger partial charge in [-0.3, -0.25) is 4.90 Å². The van der Waals surface area contributed by atoms with Gasteiger partial charge in [0.15, 0.2) is 0 Å². The van der Waals surface area contributed by atoms with Gasteiger partial charge >= 0.3 is 18.6 Å². The van der Waals surface area contributed by atoms with E-state index >= 15 is 0 Å². The second-order valence-corrected chi connectivity index (χ2v) is 10.7. The summed E-state index contributed by atoms with van der Waals surface area (Å²) in [4.78, 5) is 31.9. The Kier molecular flexibility index (Phi) is 12.8. The summed E-state index contributed by atoms with van der Waals surface area (Å²) < 4.78 is 53.7. The highest BCUT2D eigenvalue weighted by Crippen LogP contribution is 2.44. The molecule has 1 atom stereocenters. The highest BCUT2D eigenvalue weighted by molar-refractivity contribution is 6.00. The second-order valence-electron chi connectivity index (χ2n) is 10.7. The molecule has 250 valence electrons. The monoisotopic (exact) mass is 643 g/mol. The minimum Gasteiger partial charge on any atom is -0.495 e. The summed E-state index contributed by atoms with van der Waals surface area (Å²) in [5.41, 5.74) is 2.64. The maximum atomic E-state index is 13.9. The Morgan fingerprint density at radius 2 is 1.41 bits per heavy atom. The number of allylic oxidation sites excluding steroid dienone is 2. The van der Waals surface area contributed by atoms with Crippen molar-refractivity contribution in [2.75, 3.05) is 71.7 Å². The Bertz CT molecular complexity index is 1410. The standard InChI is InChI=1S/C34H43F2N3O7/c1-5-24-30(32(40)44-20-19-38-15-17-39(18-16-38)26-12-8-10-14-28(26)43-4)29(23-11-7-9-13-27(23)46-34(35)36)31(25(6-2)37-24)33(41)45-22-21-42-3/h7-14,29,34,37H,5-6,15-22H2,1-4H3. The summed E-state index contributed by atoms with van der Waals surface area (Å²) >= 11 is 0. The van der Waals surface area contributed by atoms with Gasteiger partial charge in [-0.05, 0) is 31.0 Å². The molecule has 1 fully saturated rings. The Labute approximate surface area is 268 Å². The highest BCUT2D eigenvalue weighted by atomic mass is 19.3. The second kappa shape index (κ2) is 17.0. The number of carbonyl (C=O) groups excluding carboxylic acids is 2. The van der Waals surface area contributed by atoms with Gasteiger partial charge in [0.1, 0.15) is 24.7 Å². The molecule has 2 heterocycles. The van der Waals surface area contributed by atoms with E-state index in [2.05, 4.69) is 15.1 Å². The van der Waals surface area contributed by atoms with Gasteiger partial charge in [-0.25, -0.2) is 9.59 Å². The molecule has 2 aliphatic heterocycles. The molecular formula is C34H43F2N3O7. The zero-order chi connectivity index (χ0) is 33.1. The predicted octanol–water partition coefficient (Wildman–Crippen LogP) is 4.87. The van der Waals surface area contributed by atoms with Crippen LogP contribution in [-0.2, 0) is 23.8 Å². The first kappa shape index (κ1) is 34.7. The van der Waals surface area contributed by atoms with Gasteiger partial charge in [0, 0.05) is 56.8 Å². The summed E-state index contributed by atoms with van der Waals surface area (Å²) in [5, 5.41) is 3.25. The van der Waals surface area contributed by atoms with Gasteiger partial charge in [-0.15, -0.1) is 0 Å². The van der Waals surface area contributed by atoms with Gasteiger partial charge in [0.2, 0.25) is 0 Å². The number of anilines is 1. The van der Waals surface area contributed by atoms with E-state index in [4.69, 9.17) is 23.7 Å². The van der Waals surface area contributed by atoms with Crippen molar-refractivity contribution in [2.24, 2.45) is 0 Å². The van der Waals surface area contributed by atoms with E-state index in [9.17, 15) is 18.4 Å². The van der Waals surface area contributed by atoms with Crippen LogP contribution in [0, 0.1) is 0 Å². The first-order valence-electron chi connectivity index (χ1n) is 15.5. The maximum Gasteiger partial charge on any atom is 0.387 e. The molecule has 2 aliphatic rings. The molecule has 0 aliphatic carbocycles. The lowest BCUT2D eigenvalue weighted by Gasteiger charge is -2.36. The number of alkyl halides is 2. The number of nitrogens with one attached hydrogen (secondary N) is 1. The van der Waals surface area contributed by atoms with Crippen molar-refractivity contribution >= 4 is 17.6 Å². The number of carbonyl (C=O) groups is 2. The number of hydrogen-bond acceptors (Lipinski definition) is 10. The lowest BCUT2D eigenvalue weighted by molar-refractivity contribution is -0.141. The smallest absolute Gasteiger partial charge is 0.387 e. The summed E-state index contributed by atoms with van der Waals surface area (Å²) in [6, 6.07) is 14.1. The molecule has 0 radical (unpaired) electrons. The number of methoxy groups -OCH3 is 2. The number of nitrogens with zero attached hydrogens (tertiary/aromatic N) is 2. The Balaban J connectivity index is 1.55. The van der Waals surface area contributed by atoms with Crippen LogP contribution in [0.2, 0.25) is 0 Å². The van der Waals surface area contributed by atoms with Crippen LogP contribution in [0.15, 0.2) is 71.1 Å². The molecule has 1 unspecified atom stereocenters. The maximum absolute atomic E-state index is 13.9. The fourth-order valence-corrected chi connectivity index (χ4v) is 5.83.